The fourth-order valence-corrected chi connectivity index (χ4v) is 3.30. The molecule has 0 atom stereocenters. The molecule has 21 heavy (non-hydrogen) atoms. The number of rotatable bonds is 4. The lowest BCUT2D eigenvalue weighted by Crippen LogP contribution is -2.46. The maximum atomic E-state index is 12.2. The first-order valence-corrected chi connectivity index (χ1v) is 8.65. The van der Waals surface area contributed by atoms with Crippen molar-refractivity contribution in [2.24, 2.45) is 0 Å². The number of carbonyl (C=O) groups is 1. The van der Waals surface area contributed by atoms with E-state index in [0.29, 0.717) is 37.2 Å². The molecule has 1 amide bonds. The molecule has 1 saturated heterocycles. The lowest BCUT2D eigenvalue weighted by molar-refractivity contribution is 0.0921. The Labute approximate surface area is 125 Å². The molecule has 0 bridgehead atoms. The highest BCUT2D eigenvalue weighted by Crippen LogP contribution is 2.19. The van der Waals surface area contributed by atoms with Gasteiger partial charge in [-0.05, 0) is 25.0 Å². The lowest BCUT2D eigenvalue weighted by Gasteiger charge is -2.30. The third-order valence-electron chi connectivity index (χ3n) is 3.61. The van der Waals surface area contributed by atoms with Crippen molar-refractivity contribution >= 4 is 15.9 Å². The molecule has 6 nitrogen and oxygen atoms in total. The Bertz CT molecular complexity index is 607. The molecule has 0 radical (unpaired) electrons. The Balaban J connectivity index is 1.96. The topological polar surface area (TPSA) is 75.7 Å². The van der Waals surface area contributed by atoms with Crippen LogP contribution < -0.4 is 10.1 Å². The van der Waals surface area contributed by atoms with E-state index >= 15 is 0 Å². The summed E-state index contributed by atoms with van der Waals surface area (Å²) in [4.78, 5) is 12.2. The molecule has 0 spiro atoms. The van der Waals surface area contributed by atoms with E-state index < -0.39 is 10.0 Å². The van der Waals surface area contributed by atoms with E-state index in [2.05, 4.69) is 5.32 Å². The fourth-order valence-electron chi connectivity index (χ4n) is 2.43. The summed E-state index contributed by atoms with van der Waals surface area (Å²) in [6, 6.07) is 7.02. The number of piperidine rings is 1. The fraction of sp³-hybridized carbons (Fsp3) is 0.500. The minimum absolute atomic E-state index is 0.0135. The first-order valence-electron chi connectivity index (χ1n) is 6.81. The molecule has 1 aromatic rings. The van der Waals surface area contributed by atoms with Crippen LogP contribution in [0.2, 0.25) is 0 Å². The Morgan fingerprint density at radius 1 is 1.29 bits per heavy atom. The number of benzene rings is 1. The Morgan fingerprint density at radius 3 is 2.48 bits per heavy atom. The normalized spacial score (nSPS) is 17.4. The molecule has 1 heterocycles. The average Bonchev–Trinajstić information content (AvgIpc) is 2.46. The number of para-hydroxylation sites is 1. The van der Waals surface area contributed by atoms with Gasteiger partial charge in [-0.25, -0.2) is 12.7 Å². The van der Waals surface area contributed by atoms with Crippen molar-refractivity contribution < 1.29 is 17.9 Å². The van der Waals surface area contributed by atoms with Crippen molar-refractivity contribution in [1.29, 1.82) is 0 Å². The molecule has 1 aliphatic heterocycles. The second kappa shape index (κ2) is 6.44. The van der Waals surface area contributed by atoms with Crippen molar-refractivity contribution in [2.45, 2.75) is 18.9 Å². The van der Waals surface area contributed by atoms with Gasteiger partial charge in [0.2, 0.25) is 10.0 Å². The minimum atomic E-state index is -3.14. The zero-order valence-corrected chi connectivity index (χ0v) is 13.0. The van der Waals surface area contributed by atoms with E-state index in [1.807, 2.05) is 0 Å². The summed E-state index contributed by atoms with van der Waals surface area (Å²) >= 11 is 0. The monoisotopic (exact) mass is 312 g/mol. The number of amides is 1. The highest BCUT2D eigenvalue weighted by atomic mass is 32.2. The summed E-state index contributed by atoms with van der Waals surface area (Å²) in [5.74, 6) is 0.342. The van der Waals surface area contributed by atoms with Crippen molar-refractivity contribution in [1.82, 2.24) is 9.62 Å². The van der Waals surface area contributed by atoms with Crippen molar-refractivity contribution in [2.75, 3.05) is 26.5 Å². The number of carbonyl (C=O) groups excluding carboxylic acids is 1. The van der Waals surface area contributed by atoms with Gasteiger partial charge < -0.3 is 10.1 Å². The van der Waals surface area contributed by atoms with E-state index in [9.17, 15) is 13.2 Å². The number of nitrogens with one attached hydrogen (secondary N) is 1. The van der Waals surface area contributed by atoms with Crippen LogP contribution >= 0.6 is 0 Å². The molecular weight excluding hydrogens is 292 g/mol. The summed E-state index contributed by atoms with van der Waals surface area (Å²) in [7, 11) is -1.62. The number of nitrogens with zero attached hydrogens (tertiary/aromatic N) is 1. The average molecular weight is 312 g/mol. The molecule has 0 saturated carbocycles. The van der Waals surface area contributed by atoms with Crippen LogP contribution in [-0.4, -0.2) is 51.1 Å². The van der Waals surface area contributed by atoms with Crippen LogP contribution in [-0.2, 0) is 10.0 Å². The van der Waals surface area contributed by atoms with Gasteiger partial charge in [0.1, 0.15) is 5.75 Å². The molecule has 0 aliphatic carbocycles. The van der Waals surface area contributed by atoms with Crippen LogP contribution in [0, 0.1) is 0 Å². The second-order valence-electron chi connectivity index (χ2n) is 5.11. The maximum Gasteiger partial charge on any atom is 0.255 e. The number of hydrogen-bond donors (Lipinski definition) is 1. The van der Waals surface area contributed by atoms with Gasteiger partial charge in [-0.1, -0.05) is 12.1 Å². The Kier molecular flexibility index (Phi) is 4.84. The van der Waals surface area contributed by atoms with E-state index in [0.717, 1.165) is 0 Å². The largest absolute Gasteiger partial charge is 0.496 e. The zero-order valence-electron chi connectivity index (χ0n) is 12.2. The SMILES string of the molecule is COc1ccccc1C(=O)NC1CCN(S(C)(=O)=O)CC1. The molecule has 1 fully saturated rings. The first kappa shape index (κ1) is 15.8. The molecule has 7 heteroatoms. The van der Waals surface area contributed by atoms with Gasteiger partial charge in [-0.2, -0.15) is 0 Å². The predicted octanol–water partition coefficient (Wildman–Crippen LogP) is 0.849. The smallest absolute Gasteiger partial charge is 0.255 e. The van der Waals surface area contributed by atoms with Gasteiger partial charge in [0, 0.05) is 19.1 Å². The number of methoxy groups -OCH3 is 1. The number of hydrogen-bond acceptors (Lipinski definition) is 4. The van der Waals surface area contributed by atoms with Gasteiger partial charge in [-0.15, -0.1) is 0 Å². The van der Waals surface area contributed by atoms with E-state index in [1.54, 1.807) is 24.3 Å². The third kappa shape index (κ3) is 3.95. The Hall–Kier alpha value is -1.60. The summed E-state index contributed by atoms with van der Waals surface area (Å²) in [5.41, 5.74) is 0.491. The number of ether oxygens (including phenoxy) is 1. The van der Waals surface area contributed by atoms with Crippen molar-refractivity contribution in [3.8, 4) is 5.75 Å². The van der Waals surface area contributed by atoms with Crippen LogP contribution in [0.1, 0.15) is 23.2 Å². The molecule has 0 aromatic heterocycles. The van der Waals surface area contributed by atoms with Crippen LogP contribution in [0.4, 0.5) is 0 Å². The van der Waals surface area contributed by atoms with E-state index in [1.165, 1.54) is 17.7 Å². The summed E-state index contributed by atoms with van der Waals surface area (Å²) in [5, 5.41) is 2.94. The van der Waals surface area contributed by atoms with Crippen LogP contribution in [0.25, 0.3) is 0 Å². The van der Waals surface area contributed by atoms with Gasteiger partial charge >= 0.3 is 0 Å². The third-order valence-corrected chi connectivity index (χ3v) is 4.91. The summed E-state index contributed by atoms with van der Waals surface area (Å²) in [6.07, 6.45) is 2.45. The maximum absolute atomic E-state index is 12.2. The molecule has 1 aromatic carbocycles. The molecule has 0 unspecified atom stereocenters. The molecule has 1 N–H and O–H groups in total. The summed E-state index contributed by atoms with van der Waals surface area (Å²) < 4.78 is 29.5. The first-order chi connectivity index (χ1) is 9.91. The van der Waals surface area contributed by atoms with E-state index in [-0.39, 0.29) is 11.9 Å². The van der Waals surface area contributed by atoms with Gasteiger partial charge in [-0.3, -0.25) is 4.79 Å². The highest BCUT2D eigenvalue weighted by molar-refractivity contribution is 7.88. The van der Waals surface area contributed by atoms with Crippen molar-refractivity contribution in [3.63, 3.8) is 0 Å². The van der Waals surface area contributed by atoms with Crippen LogP contribution in [0.3, 0.4) is 0 Å². The second-order valence-corrected chi connectivity index (χ2v) is 7.09. The molecule has 1 aliphatic rings. The van der Waals surface area contributed by atoms with Gasteiger partial charge in [0.15, 0.2) is 0 Å². The quantitative estimate of drug-likeness (QED) is 0.894. The standard InChI is InChI=1S/C14H20N2O4S/c1-20-13-6-4-3-5-12(13)14(17)15-11-7-9-16(10-8-11)21(2,18)19/h3-6,11H,7-10H2,1-2H3,(H,15,17). The minimum Gasteiger partial charge on any atom is -0.496 e. The zero-order chi connectivity index (χ0) is 15.5. The van der Waals surface area contributed by atoms with Crippen molar-refractivity contribution in [3.05, 3.63) is 29.8 Å². The lowest BCUT2D eigenvalue weighted by atomic mass is 10.1. The van der Waals surface area contributed by atoms with E-state index in [4.69, 9.17) is 4.74 Å². The van der Waals surface area contributed by atoms with Gasteiger partial charge in [0.25, 0.3) is 5.91 Å². The highest BCUT2D eigenvalue weighted by Gasteiger charge is 2.26. The summed E-state index contributed by atoms with van der Waals surface area (Å²) in [6.45, 7) is 0.880. The van der Waals surface area contributed by atoms with Crippen LogP contribution in [0.15, 0.2) is 24.3 Å². The molecule has 2 rings (SSSR count). The Morgan fingerprint density at radius 2 is 1.90 bits per heavy atom. The molecular formula is C14H20N2O4S. The predicted molar refractivity (Wildman–Crippen MR) is 79.9 cm³/mol. The van der Waals surface area contributed by atoms with Gasteiger partial charge in [0.05, 0.1) is 18.9 Å². The van der Waals surface area contributed by atoms with Crippen LogP contribution in [0.5, 0.6) is 5.75 Å². The molecule has 116 valence electrons. The number of sulfonamides is 1.